The zero-order chi connectivity index (χ0) is 14.8. The minimum atomic E-state index is -3.56. The number of thiazole rings is 1. The van der Waals surface area contributed by atoms with Crippen molar-refractivity contribution in [3.63, 3.8) is 0 Å². The summed E-state index contributed by atoms with van der Waals surface area (Å²) in [7, 11) is -2.33. The number of rotatable bonds is 3. The van der Waals surface area contributed by atoms with Crippen molar-refractivity contribution in [2.45, 2.75) is 11.1 Å². The van der Waals surface area contributed by atoms with Crippen LogP contribution in [0.15, 0.2) is 4.21 Å². The predicted octanol–water partition coefficient (Wildman–Crippen LogP) is 0.646. The Morgan fingerprint density at radius 2 is 2.05 bits per heavy atom. The quantitative estimate of drug-likeness (QED) is 0.824. The fourth-order valence-electron chi connectivity index (χ4n) is 1.82. The zero-order valence-corrected chi connectivity index (χ0v) is 14.0. The summed E-state index contributed by atoms with van der Waals surface area (Å²) in [5, 5.41) is 5.69. The smallest absolute Gasteiger partial charge is 0.413 e. The molecule has 0 spiro atoms. The van der Waals surface area contributed by atoms with Crippen LogP contribution in [0.1, 0.15) is 5.69 Å². The van der Waals surface area contributed by atoms with E-state index in [0.29, 0.717) is 31.9 Å². The molecule has 0 saturated carbocycles. The number of carbonyl (C=O) groups is 1. The van der Waals surface area contributed by atoms with E-state index in [4.69, 9.17) is 0 Å². The molecule has 2 rings (SSSR count). The van der Waals surface area contributed by atoms with Crippen LogP contribution in [0, 0.1) is 6.92 Å². The second-order valence-corrected chi connectivity index (χ2v) is 7.29. The van der Waals surface area contributed by atoms with Gasteiger partial charge in [-0.2, -0.15) is 4.31 Å². The summed E-state index contributed by atoms with van der Waals surface area (Å²) in [4.78, 5) is 15.2. The fraction of sp³-hybridized carbons (Fsp3) is 0.600. The lowest BCUT2D eigenvalue weighted by molar-refractivity contribution is 0.187. The van der Waals surface area contributed by atoms with Gasteiger partial charge in [0, 0.05) is 26.2 Å². The van der Waals surface area contributed by atoms with Gasteiger partial charge in [0.05, 0.1) is 12.8 Å². The normalized spacial score (nSPS) is 16.1. The van der Waals surface area contributed by atoms with E-state index in [1.165, 1.54) is 11.4 Å². The molecular formula is C10H17ClN4O4S2. The molecule has 1 saturated heterocycles. The van der Waals surface area contributed by atoms with Gasteiger partial charge in [0.25, 0.3) is 10.0 Å². The van der Waals surface area contributed by atoms with Crippen LogP contribution in [-0.4, -0.2) is 57.1 Å². The van der Waals surface area contributed by atoms with Gasteiger partial charge >= 0.3 is 6.09 Å². The SMILES string of the molecule is COC(=O)Nc1nc(C)c(S(=O)(=O)N2CCNCC2)s1.Cl. The van der Waals surface area contributed by atoms with Crippen LogP contribution in [0.5, 0.6) is 0 Å². The molecule has 0 aromatic carbocycles. The van der Waals surface area contributed by atoms with E-state index in [-0.39, 0.29) is 21.7 Å². The number of aromatic nitrogens is 1. The highest BCUT2D eigenvalue weighted by Crippen LogP contribution is 2.29. The number of ether oxygens (including phenoxy) is 1. The third-order valence-corrected chi connectivity index (χ3v) is 6.36. The number of halogens is 1. The molecule has 0 aliphatic carbocycles. The summed E-state index contributed by atoms with van der Waals surface area (Å²) in [5.74, 6) is 0. The molecule has 1 aromatic heterocycles. The highest BCUT2D eigenvalue weighted by molar-refractivity contribution is 7.91. The molecule has 0 atom stereocenters. The Bertz CT molecular complexity index is 598. The van der Waals surface area contributed by atoms with Crippen LogP contribution >= 0.6 is 23.7 Å². The summed E-state index contributed by atoms with van der Waals surface area (Å²) in [5.41, 5.74) is 0.375. The van der Waals surface area contributed by atoms with E-state index in [1.54, 1.807) is 6.92 Å². The first-order valence-electron chi connectivity index (χ1n) is 5.98. The van der Waals surface area contributed by atoms with E-state index in [9.17, 15) is 13.2 Å². The average molecular weight is 357 g/mol. The van der Waals surface area contributed by atoms with Crippen LogP contribution in [0.25, 0.3) is 0 Å². The van der Waals surface area contributed by atoms with Gasteiger partial charge in [-0.25, -0.2) is 18.2 Å². The molecule has 2 heterocycles. The Morgan fingerprint density at radius 3 is 2.62 bits per heavy atom. The van der Waals surface area contributed by atoms with Gasteiger partial charge in [0.15, 0.2) is 9.34 Å². The van der Waals surface area contributed by atoms with Gasteiger partial charge in [-0.1, -0.05) is 11.3 Å². The molecule has 120 valence electrons. The first-order valence-corrected chi connectivity index (χ1v) is 8.24. The van der Waals surface area contributed by atoms with Crippen molar-refractivity contribution in [2.24, 2.45) is 0 Å². The Morgan fingerprint density at radius 1 is 1.43 bits per heavy atom. The molecule has 1 fully saturated rings. The average Bonchev–Trinajstić information content (AvgIpc) is 2.81. The van der Waals surface area contributed by atoms with Crippen molar-refractivity contribution in [2.75, 3.05) is 38.6 Å². The number of sulfonamides is 1. The number of anilines is 1. The standard InChI is InChI=1S/C10H16N4O4S2.ClH/c1-7-8(19-9(12-7)13-10(15)18-2)20(16,17)14-5-3-11-4-6-14;/h11H,3-6H2,1-2H3,(H,12,13,15);1H. The summed E-state index contributed by atoms with van der Waals surface area (Å²) in [6, 6.07) is 0. The molecular weight excluding hydrogens is 340 g/mol. The van der Waals surface area contributed by atoms with Gasteiger partial charge in [0.1, 0.15) is 0 Å². The summed E-state index contributed by atoms with van der Waals surface area (Å²) in [6.07, 6.45) is -0.676. The Kier molecular flexibility index (Phi) is 6.35. The second-order valence-electron chi connectivity index (χ2n) is 4.16. The number of hydrogen-bond donors (Lipinski definition) is 2. The minimum Gasteiger partial charge on any atom is -0.453 e. The van der Waals surface area contributed by atoms with Crippen LogP contribution in [0.2, 0.25) is 0 Å². The Labute approximate surface area is 133 Å². The number of carbonyl (C=O) groups excluding carboxylic acids is 1. The molecule has 11 heteroatoms. The fourth-order valence-corrected chi connectivity index (χ4v) is 4.79. The zero-order valence-electron chi connectivity index (χ0n) is 11.6. The van der Waals surface area contributed by atoms with Crippen molar-refractivity contribution in [3.05, 3.63) is 5.69 Å². The van der Waals surface area contributed by atoms with Gasteiger partial charge in [-0.05, 0) is 6.92 Å². The lowest BCUT2D eigenvalue weighted by Gasteiger charge is -2.25. The third kappa shape index (κ3) is 4.04. The van der Waals surface area contributed by atoms with Crippen molar-refractivity contribution >= 4 is 45.0 Å². The van der Waals surface area contributed by atoms with Crippen LogP contribution in [0.4, 0.5) is 9.93 Å². The van der Waals surface area contributed by atoms with Gasteiger partial charge < -0.3 is 10.1 Å². The van der Waals surface area contributed by atoms with Crippen LogP contribution in [0.3, 0.4) is 0 Å². The number of hydrogen-bond acceptors (Lipinski definition) is 7. The van der Waals surface area contributed by atoms with Gasteiger partial charge in [0.2, 0.25) is 0 Å². The molecule has 21 heavy (non-hydrogen) atoms. The summed E-state index contributed by atoms with van der Waals surface area (Å²) in [6.45, 7) is 3.72. The van der Waals surface area contributed by atoms with E-state index in [2.05, 4.69) is 20.4 Å². The lowest BCUT2D eigenvalue weighted by atomic mass is 10.4. The van der Waals surface area contributed by atoms with Crippen molar-refractivity contribution < 1.29 is 17.9 Å². The number of aryl methyl sites for hydroxylation is 1. The molecule has 1 aromatic rings. The molecule has 0 radical (unpaired) electrons. The van der Waals surface area contributed by atoms with Crippen molar-refractivity contribution in [3.8, 4) is 0 Å². The highest BCUT2D eigenvalue weighted by Gasteiger charge is 2.30. The topological polar surface area (TPSA) is 101 Å². The van der Waals surface area contributed by atoms with Crippen molar-refractivity contribution in [1.82, 2.24) is 14.6 Å². The largest absolute Gasteiger partial charge is 0.453 e. The number of piperazine rings is 1. The molecule has 1 aliphatic rings. The maximum Gasteiger partial charge on any atom is 0.413 e. The number of amides is 1. The van der Waals surface area contributed by atoms with Crippen LogP contribution < -0.4 is 10.6 Å². The maximum atomic E-state index is 12.5. The van der Waals surface area contributed by atoms with Crippen LogP contribution in [-0.2, 0) is 14.8 Å². The summed E-state index contributed by atoms with van der Waals surface area (Å²) >= 11 is 0.931. The number of nitrogens with zero attached hydrogens (tertiary/aromatic N) is 2. The first-order chi connectivity index (χ1) is 9.45. The molecule has 8 nitrogen and oxygen atoms in total. The minimum absolute atomic E-state index is 0. The highest BCUT2D eigenvalue weighted by atomic mass is 35.5. The lowest BCUT2D eigenvalue weighted by Crippen LogP contribution is -2.46. The van der Waals surface area contributed by atoms with Gasteiger partial charge in [-0.3, -0.25) is 5.32 Å². The van der Waals surface area contributed by atoms with Gasteiger partial charge in [-0.15, -0.1) is 12.4 Å². The second kappa shape index (κ2) is 7.36. The van der Waals surface area contributed by atoms with E-state index >= 15 is 0 Å². The first kappa shape index (κ1) is 18.1. The van der Waals surface area contributed by atoms with E-state index < -0.39 is 16.1 Å². The predicted molar refractivity (Wildman–Crippen MR) is 81.8 cm³/mol. The van der Waals surface area contributed by atoms with E-state index in [0.717, 1.165) is 11.3 Å². The summed E-state index contributed by atoms with van der Waals surface area (Å²) < 4.78 is 31.0. The Hall–Kier alpha value is -0.940. The monoisotopic (exact) mass is 356 g/mol. The van der Waals surface area contributed by atoms with E-state index in [1.807, 2.05) is 0 Å². The maximum absolute atomic E-state index is 12.5. The van der Waals surface area contributed by atoms with Crippen molar-refractivity contribution in [1.29, 1.82) is 0 Å². The molecule has 0 unspecified atom stereocenters. The molecule has 0 bridgehead atoms. The third-order valence-electron chi connectivity index (χ3n) is 2.80. The molecule has 2 N–H and O–H groups in total. The Balaban J connectivity index is 0.00000220. The number of nitrogens with one attached hydrogen (secondary N) is 2. The molecule has 1 aliphatic heterocycles. The number of methoxy groups -OCH3 is 1. The molecule has 1 amide bonds.